The molecule has 0 bridgehead atoms. The molecule has 112 valence electrons. The van der Waals surface area contributed by atoms with Gasteiger partial charge in [0.05, 0.1) is 5.69 Å². The molecule has 0 aliphatic rings. The summed E-state index contributed by atoms with van der Waals surface area (Å²) in [6, 6.07) is 10.6. The Hall–Kier alpha value is -1.53. The molecule has 3 nitrogen and oxygen atoms in total. The lowest BCUT2D eigenvalue weighted by Gasteiger charge is -2.16. The SMILES string of the molecule is CC(NCc1cc(Br)ccc1OC(F)F)c1ccccn1. The van der Waals surface area contributed by atoms with Crippen LogP contribution in [0.5, 0.6) is 5.75 Å². The lowest BCUT2D eigenvalue weighted by atomic mass is 10.1. The summed E-state index contributed by atoms with van der Waals surface area (Å²) >= 11 is 3.33. The monoisotopic (exact) mass is 356 g/mol. The second-order valence-corrected chi connectivity index (χ2v) is 5.40. The topological polar surface area (TPSA) is 34.1 Å². The number of benzene rings is 1. The highest BCUT2D eigenvalue weighted by molar-refractivity contribution is 9.10. The Labute approximate surface area is 130 Å². The Morgan fingerprint density at radius 2 is 2.10 bits per heavy atom. The van der Waals surface area contributed by atoms with E-state index >= 15 is 0 Å². The van der Waals surface area contributed by atoms with Crippen LogP contribution in [-0.2, 0) is 6.54 Å². The molecule has 0 aliphatic heterocycles. The summed E-state index contributed by atoms with van der Waals surface area (Å²) in [6.45, 7) is -0.467. The van der Waals surface area contributed by atoms with E-state index in [1.807, 2.05) is 25.1 Å². The summed E-state index contributed by atoms with van der Waals surface area (Å²) in [5.74, 6) is 0.175. The molecule has 0 saturated heterocycles. The average molecular weight is 357 g/mol. The summed E-state index contributed by atoms with van der Waals surface area (Å²) < 4.78 is 30.1. The van der Waals surface area contributed by atoms with Gasteiger partial charge in [-0.2, -0.15) is 8.78 Å². The number of halogens is 3. The number of nitrogens with zero attached hydrogens (tertiary/aromatic N) is 1. The number of hydrogen-bond donors (Lipinski definition) is 1. The summed E-state index contributed by atoms with van der Waals surface area (Å²) in [6.07, 6.45) is 1.72. The van der Waals surface area contributed by atoms with E-state index in [9.17, 15) is 8.78 Å². The Balaban J connectivity index is 2.07. The molecular weight excluding hydrogens is 342 g/mol. The fourth-order valence-electron chi connectivity index (χ4n) is 1.90. The van der Waals surface area contributed by atoms with Gasteiger partial charge in [0.1, 0.15) is 5.75 Å². The molecule has 6 heteroatoms. The van der Waals surface area contributed by atoms with Gasteiger partial charge in [-0.05, 0) is 37.3 Å². The Morgan fingerprint density at radius 1 is 1.29 bits per heavy atom. The Morgan fingerprint density at radius 3 is 2.76 bits per heavy atom. The highest BCUT2D eigenvalue weighted by Crippen LogP contribution is 2.25. The van der Waals surface area contributed by atoms with Crippen molar-refractivity contribution in [2.75, 3.05) is 0 Å². The van der Waals surface area contributed by atoms with Gasteiger partial charge in [0.15, 0.2) is 0 Å². The van der Waals surface area contributed by atoms with E-state index in [4.69, 9.17) is 0 Å². The van der Waals surface area contributed by atoms with Crippen LogP contribution in [0.15, 0.2) is 47.1 Å². The summed E-state index contributed by atoms with van der Waals surface area (Å²) in [5.41, 5.74) is 1.55. The molecule has 0 aliphatic carbocycles. The minimum absolute atomic E-state index is 0.00424. The van der Waals surface area contributed by atoms with Crippen molar-refractivity contribution in [3.05, 3.63) is 58.3 Å². The zero-order valence-electron chi connectivity index (χ0n) is 11.4. The highest BCUT2D eigenvalue weighted by Gasteiger charge is 2.12. The first-order valence-corrected chi connectivity index (χ1v) is 7.23. The van der Waals surface area contributed by atoms with Crippen molar-refractivity contribution in [1.82, 2.24) is 10.3 Å². The molecule has 2 rings (SSSR count). The normalized spacial score (nSPS) is 12.4. The molecule has 1 atom stereocenters. The second kappa shape index (κ2) is 7.47. The third kappa shape index (κ3) is 4.75. The Bertz CT molecular complexity index is 581. The zero-order valence-corrected chi connectivity index (χ0v) is 13.0. The fraction of sp³-hybridized carbons (Fsp3) is 0.267. The van der Waals surface area contributed by atoms with Gasteiger partial charge >= 0.3 is 6.61 Å². The number of aromatic nitrogens is 1. The van der Waals surface area contributed by atoms with Crippen LogP contribution in [0.2, 0.25) is 0 Å². The van der Waals surface area contributed by atoms with Crippen LogP contribution >= 0.6 is 15.9 Å². The van der Waals surface area contributed by atoms with E-state index in [0.717, 1.165) is 10.2 Å². The summed E-state index contributed by atoms with van der Waals surface area (Å²) in [7, 11) is 0. The van der Waals surface area contributed by atoms with E-state index < -0.39 is 6.61 Å². The maximum absolute atomic E-state index is 12.4. The van der Waals surface area contributed by atoms with Crippen molar-refractivity contribution < 1.29 is 13.5 Å². The zero-order chi connectivity index (χ0) is 15.2. The number of pyridine rings is 1. The van der Waals surface area contributed by atoms with Crippen molar-refractivity contribution in [2.45, 2.75) is 26.1 Å². The lowest BCUT2D eigenvalue weighted by Crippen LogP contribution is -2.19. The standard InChI is InChI=1S/C15H15BrF2N2O/c1-10(13-4-2-3-7-19-13)20-9-11-8-12(16)5-6-14(11)21-15(17)18/h2-8,10,15,20H,9H2,1H3. The summed E-state index contributed by atoms with van der Waals surface area (Å²) in [5, 5.41) is 3.25. The predicted octanol–water partition coefficient (Wildman–Crippen LogP) is 4.30. The van der Waals surface area contributed by atoms with Gasteiger partial charge in [0, 0.05) is 28.8 Å². The average Bonchev–Trinajstić information content (AvgIpc) is 2.47. The molecule has 0 saturated carbocycles. The smallest absolute Gasteiger partial charge is 0.387 e. The van der Waals surface area contributed by atoms with Gasteiger partial charge in [-0.15, -0.1) is 0 Å². The number of nitrogens with one attached hydrogen (secondary N) is 1. The van der Waals surface area contributed by atoms with Crippen LogP contribution in [0.3, 0.4) is 0 Å². The van der Waals surface area contributed by atoms with Crippen LogP contribution < -0.4 is 10.1 Å². The van der Waals surface area contributed by atoms with Crippen LogP contribution in [0, 0.1) is 0 Å². The van der Waals surface area contributed by atoms with Crippen molar-refractivity contribution in [2.24, 2.45) is 0 Å². The van der Waals surface area contributed by atoms with E-state index in [-0.39, 0.29) is 11.8 Å². The number of hydrogen-bond acceptors (Lipinski definition) is 3. The van der Waals surface area contributed by atoms with Gasteiger partial charge in [-0.25, -0.2) is 0 Å². The van der Waals surface area contributed by atoms with Gasteiger partial charge in [0.2, 0.25) is 0 Å². The molecule has 1 heterocycles. The van der Waals surface area contributed by atoms with Crippen molar-refractivity contribution in [3.8, 4) is 5.75 Å². The van der Waals surface area contributed by atoms with Crippen LogP contribution in [0.4, 0.5) is 8.78 Å². The molecule has 0 spiro atoms. The van der Waals surface area contributed by atoms with Crippen molar-refractivity contribution in [1.29, 1.82) is 0 Å². The molecule has 1 unspecified atom stereocenters. The van der Waals surface area contributed by atoms with Crippen LogP contribution in [-0.4, -0.2) is 11.6 Å². The number of rotatable bonds is 6. The van der Waals surface area contributed by atoms with Crippen LogP contribution in [0.1, 0.15) is 24.2 Å². The molecule has 0 amide bonds. The second-order valence-electron chi connectivity index (χ2n) is 4.49. The van der Waals surface area contributed by atoms with Crippen molar-refractivity contribution in [3.63, 3.8) is 0 Å². The van der Waals surface area contributed by atoms with E-state index in [2.05, 4.69) is 31.0 Å². The molecule has 0 radical (unpaired) electrons. The molecule has 1 N–H and O–H groups in total. The Kier molecular flexibility index (Phi) is 5.64. The van der Waals surface area contributed by atoms with Gasteiger partial charge < -0.3 is 10.1 Å². The first kappa shape index (κ1) is 15.9. The number of alkyl halides is 2. The molecule has 21 heavy (non-hydrogen) atoms. The molecule has 1 aromatic carbocycles. The highest BCUT2D eigenvalue weighted by atomic mass is 79.9. The molecular formula is C15H15BrF2N2O. The van der Waals surface area contributed by atoms with Gasteiger partial charge in [-0.1, -0.05) is 22.0 Å². The summed E-state index contributed by atoms with van der Waals surface area (Å²) in [4.78, 5) is 4.26. The molecule has 1 aromatic heterocycles. The number of ether oxygens (including phenoxy) is 1. The molecule has 0 fully saturated rings. The fourth-order valence-corrected chi connectivity index (χ4v) is 2.31. The maximum Gasteiger partial charge on any atom is 0.387 e. The first-order valence-electron chi connectivity index (χ1n) is 6.44. The molecule has 2 aromatic rings. The van der Waals surface area contributed by atoms with Crippen LogP contribution in [0.25, 0.3) is 0 Å². The third-order valence-electron chi connectivity index (χ3n) is 2.97. The van der Waals surface area contributed by atoms with Gasteiger partial charge in [-0.3, -0.25) is 4.98 Å². The predicted molar refractivity (Wildman–Crippen MR) is 80.3 cm³/mol. The minimum atomic E-state index is -2.84. The van der Waals surface area contributed by atoms with E-state index in [1.54, 1.807) is 18.3 Å². The maximum atomic E-state index is 12.4. The first-order chi connectivity index (χ1) is 10.1. The van der Waals surface area contributed by atoms with E-state index in [0.29, 0.717) is 12.1 Å². The van der Waals surface area contributed by atoms with Crippen molar-refractivity contribution >= 4 is 15.9 Å². The quantitative estimate of drug-likeness (QED) is 0.837. The third-order valence-corrected chi connectivity index (χ3v) is 3.46. The largest absolute Gasteiger partial charge is 0.434 e. The lowest BCUT2D eigenvalue weighted by molar-refractivity contribution is -0.0505. The minimum Gasteiger partial charge on any atom is -0.434 e. The van der Waals surface area contributed by atoms with E-state index in [1.165, 1.54) is 6.07 Å². The van der Waals surface area contributed by atoms with Gasteiger partial charge in [0.25, 0.3) is 0 Å².